The number of aldehydes is 1. The maximum Gasteiger partial charge on any atom is 0.193 e. The number of rotatable bonds is 4. The van der Waals surface area contributed by atoms with Crippen LogP contribution in [0.2, 0.25) is 0 Å². The fraction of sp³-hybridized carbons (Fsp3) is 0.0833. The summed E-state index contributed by atoms with van der Waals surface area (Å²) in [5, 5.41) is 1.98. The average Bonchev–Trinajstić information content (AvgIpc) is 2.97. The van der Waals surface area contributed by atoms with Crippen molar-refractivity contribution in [2.24, 2.45) is 0 Å². The van der Waals surface area contributed by atoms with Crippen LogP contribution in [0.5, 0.6) is 5.75 Å². The normalized spacial score (nSPS) is 10.7. The van der Waals surface area contributed by atoms with Gasteiger partial charge in [0.15, 0.2) is 11.2 Å². The number of nitrogens with zero attached hydrogens (tertiary/aromatic N) is 3. The van der Waals surface area contributed by atoms with Gasteiger partial charge in [0.25, 0.3) is 0 Å². The predicted octanol–water partition coefficient (Wildman–Crippen LogP) is 2.18. The summed E-state index contributed by atoms with van der Waals surface area (Å²) in [5.41, 5.74) is 1.26. The quantitative estimate of drug-likeness (QED) is 0.674. The molecule has 6 heteroatoms. The highest BCUT2D eigenvalue weighted by Gasteiger charge is 2.03. The molecule has 3 heterocycles. The molecule has 0 atom stereocenters. The van der Waals surface area contributed by atoms with Gasteiger partial charge in [0.1, 0.15) is 18.1 Å². The zero-order valence-electron chi connectivity index (χ0n) is 9.31. The minimum absolute atomic E-state index is 0.385. The lowest BCUT2D eigenvalue weighted by Crippen LogP contribution is -1.96. The Kier molecular flexibility index (Phi) is 2.77. The molecule has 0 unspecified atom stereocenters. The van der Waals surface area contributed by atoms with Crippen molar-refractivity contribution in [2.45, 2.75) is 6.61 Å². The summed E-state index contributed by atoms with van der Waals surface area (Å²) in [4.78, 5) is 19.7. The molecule has 0 aliphatic heterocycles. The van der Waals surface area contributed by atoms with Crippen LogP contribution in [-0.2, 0) is 6.61 Å². The molecule has 0 bridgehead atoms. The molecule has 90 valence electrons. The van der Waals surface area contributed by atoms with E-state index < -0.39 is 0 Å². The lowest BCUT2D eigenvalue weighted by Gasteiger charge is -2.02. The van der Waals surface area contributed by atoms with E-state index in [4.69, 9.17) is 4.74 Å². The van der Waals surface area contributed by atoms with E-state index in [0.717, 1.165) is 10.7 Å². The Bertz CT molecular complexity index is 644. The summed E-state index contributed by atoms with van der Waals surface area (Å²) < 4.78 is 7.50. The van der Waals surface area contributed by atoms with Crippen molar-refractivity contribution < 1.29 is 9.53 Å². The molecule has 0 aliphatic rings. The molecule has 0 saturated heterocycles. The molecule has 18 heavy (non-hydrogen) atoms. The summed E-state index contributed by atoms with van der Waals surface area (Å²) in [5.74, 6) is 0.622. The maximum atomic E-state index is 10.5. The number of carbonyl (C=O) groups excluding carboxylic acids is 1. The smallest absolute Gasteiger partial charge is 0.193 e. The molecule has 0 aromatic carbocycles. The van der Waals surface area contributed by atoms with Crippen LogP contribution < -0.4 is 4.74 Å². The van der Waals surface area contributed by atoms with Crippen LogP contribution in [-0.4, -0.2) is 20.7 Å². The van der Waals surface area contributed by atoms with Crippen molar-refractivity contribution in [1.82, 2.24) is 14.4 Å². The van der Waals surface area contributed by atoms with Gasteiger partial charge in [-0.05, 0) is 12.1 Å². The predicted molar refractivity (Wildman–Crippen MR) is 67.0 cm³/mol. The van der Waals surface area contributed by atoms with Gasteiger partial charge < -0.3 is 4.74 Å². The Morgan fingerprint density at radius 1 is 1.44 bits per heavy atom. The molecule has 0 aliphatic carbocycles. The van der Waals surface area contributed by atoms with Crippen molar-refractivity contribution in [3.8, 4) is 5.75 Å². The summed E-state index contributed by atoms with van der Waals surface area (Å²) in [6.45, 7) is 0.385. The Morgan fingerprint density at radius 2 is 2.39 bits per heavy atom. The molecule has 0 saturated carbocycles. The number of aromatic nitrogens is 3. The third-order valence-corrected chi connectivity index (χ3v) is 3.18. The third-order valence-electron chi connectivity index (χ3n) is 2.41. The van der Waals surface area contributed by atoms with E-state index in [1.807, 2.05) is 22.2 Å². The van der Waals surface area contributed by atoms with E-state index >= 15 is 0 Å². The van der Waals surface area contributed by atoms with Crippen LogP contribution in [0.3, 0.4) is 0 Å². The molecule has 5 nitrogen and oxygen atoms in total. The van der Waals surface area contributed by atoms with E-state index in [9.17, 15) is 4.79 Å². The second-order valence-corrected chi connectivity index (χ2v) is 4.52. The third kappa shape index (κ3) is 2.10. The largest absolute Gasteiger partial charge is 0.486 e. The van der Waals surface area contributed by atoms with Crippen LogP contribution in [0.15, 0.2) is 36.1 Å². The van der Waals surface area contributed by atoms with E-state index in [2.05, 4.69) is 9.97 Å². The van der Waals surface area contributed by atoms with Gasteiger partial charge in [0.2, 0.25) is 0 Å². The van der Waals surface area contributed by atoms with Crippen LogP contribution in [0.1, 0.15) is 16.2 Å². The summed E-state index contributed by atoms with van der Waals surface area (Å²) in [6.07, 6.45) is 6.12. The highest BCUT2D eigenvalue weighted by Crippen LogP contribution is 2.14. The number of pyridine rings is 1. The SMILES string of the molecule is O=Cc1ccc(OCc2cn3ccsc3n2)cn1. The zero-order chi connectivity index (χ0) is 12.4. The fourth-order valence-electron chi connectivity index (χ4n) is 1.55. The van der Waals surface area contributed by atoms with Gasteiger partial charge in [-0.25, -0.2) is 9.97 Å². The van der Waals surface area contributed by atoms with E-state index in [-0.39, 0.29) is 0 Å². The highest BCUT2D eigenvalue weighted by molar-refractivity contribution is 7.15. The first-order valence-corrected chi connectivity index (χ1v) is 6.18. The Labute approximate surface area is 107 Å². The summed E-state index contributed by atoms with van der Waals surface area (Å²) >= 11 is 1.58. The first-order chi connectivity index (χ1) is 8.85. The van der Waals surface area contributed by atoms with Gasteiger partial charge in [-0.3, -0.25) is 9.20 Å². The van der Waals surface area contributed by atoms with Gasteiger partial charge in [-0.1, -0.05) is 0 Å². The lowest BCUT2D eigenvalue weighted by atomic mass is 10.4. The second kappa shape index (κ2) is 4.58. The van der Waals surface area contributed by atoms with Crippen molar-refractivity contribution in [2.75, 3.05) is 0 Å². The van der Waals surface area contributed by atoms with E-state index in [1.54, 1.807) is 23.5 Å². The zero-order valence-corrected chi connectivity index (χ0v) is 10.1. The van der Waals surface area contributed by atoms with Crippen LogP contribution in [0.4, 0.5) is 0 Å². The van der Waals surface area contributed by atoms with Crippen molar-refractivity contribution in [1.29, 1.82) is 0 Å². The van der Waals surface area contributed by atoms with Gasteiger partial charge in [-0.15, -0.1) is 11.3 Å². The van der Waals surface area contributed by atoms with Crippen molar-refractivity contribution in [3.63, 3.8) is 0 Å². The second-order valence-electron chi connectivity index (χ2n) is 3.65. The molecule has 0 fully saturated rings. The van der Waals surface area contributed by atoms with Crippen LogP contribution >= 0.6 is 11.3 Å². The molecule has 3 aromatic heterocycles. The monoisotopic (exact) mass is 259 g/mol. The number of hydrogen-bond donors (Lipinski definition) is 0. The molecule has 3 aromatic rings. The lowest BCUT2D eigenvalue weighted by molar-refractivity contribution is 0.111. The van der Waals surface area contributed by atoms with Gasteiger partial charge in [0, 0.05) is 17.8 Å². The highest BCUT2D eigenvalue weighted by atomic mass is 32.1. The fourth-order valence-corrected chi connectivity index (χ4v) is 2.27. The molecular formula is C12H9N3O2S. The minimum atomic E-state index is 0.385. The summed E-state index contributed by atoms with van der Waals surface area (Å²) in [7, 11) is 0. The minimum Gasteiger partial charge on any atom is -0.486 e. The maximum absolute atomic E-state index is 10.5. The molecule has 0 spiro atoms. The van der Waals surface area contributed by atoms with Gasteiger partial charge >= 0.3 is 0 Å². The average molecular weight is 259 g/mol. The van der Waals surface area contributed by atoms with Gasteiger partial charge in [-0.2, -0.15) is 0 Å². The van der Waals surface area contributed by atoms with E-state index in [1.165, 1.54) is 6.20 Å². The molecule has 0 N–H and O–H groups in total. The van der Waals surface area contributed by atoms with E-state index in [0.29, 0.717) is 24.3 Å². The molecule has 0 radical (unpaired) electrons. The van der Waals surface area contributed by atoms with Gasteiger partial charge in [0.05, 0.1) is 11.9 Å². The number of carbonyl (C=O) groups is 1. The van der Waals surface area contributed by atoms with Crippen molar-refractivity contribution >= 4 is 22.6 Å². The van der Waals surface area contributed by atoms with Crippen LogP contribution in [0.25, 0.3) is 4.96 Å². The first-order valence-electron chi connectivity index (χ1n) is 5.30. The molecule has 3 rings (SSSR count). The Balaban J connectivity index is 1.69. The molecule has 0 amide bonds. The number of hydrogen-bond acceptors (Lipinski definition) is 5. The number of ether oxygens (including phenoxy) is 1. The Hall–Kier alpha value is -2.21. The number of fused-ring (bicyclic) bond motifs is 1. The Morgan fingerprint density at radius 3 is 3.11 bits per heavy atom. The topological polar surface area (TPSA) is 56.5 Å². The number of imidazole rings is 1. The van der Waals surface area contributed by atoms with Crippen molar-refractivity contribution in [3.05, 3.63) is 47.5 Å². The summed E-state index contributed by atoms with van der Waals surface area (Å²) in [6, 6.07) is 3.34. The standard InChI is InChI=1S/C12H9N3O2S/c16-7-9-1-2-11(5-13-9)17-8-10-6-15-3-4-18-12(15)14-10/h1-7H,8H2. The number of thiazole rings is 1. The molecular weight excluding hydrogens is 250 g/mol. The first kappa shape index (κ1) is 10.9. The van der Waals surface area contributed by atoms with Crippen LogP contribution in [0, 0.1) is 0 Å².